The average molecular weight is 603 g/mol. The van der Waals surface area contributed by atoms with Gasteiger partial charge in [-0.15, -0.1) is 0 Å². The van der Waals surface area contributed by atoms with Gasteiger partial charge >= 0.3 is 19.7 Å². The van der Waals surface area contributed by atoms with Crippen LogP contribution >= 0.6 is 7.82 Å². The summed E-state index contributed by atoms with van der Waals surface area (Å²) in [5.74, 6) is -7.41. The molecule has 3 aromatic carbocycles. The molecular weight excluding hydrogens is 569 g/mol. The molecule has 4 atom stereocenters. The van der Waals surface area contributed by atoms with Crippen molar-refractivity contribution < 1.29 is 45.9 Å². The smallest absolute Gasteiger partial charge is 0.457 e. The number of alkyl halides is 2. The van der Waals surface area contributed by atoms with Gasteiger partial charge in [0.1, 0.15) is 6.10 Å². The van der Waals surface area contributed by atoms with E-state index in [0.717, 1.165) is 6.92 Å². The Morgan fingerprint density at radius 1 is 0.857 bits per heavy atom. The topological polar surface area (TPSA) is 89.5 Å². The molecule has 0 unspecified atom stereocenters. The van der Waals surface area contributed by atoms with Crippen molar-refractivity contribution in [2.45, 2.75) is 76.0 Å². The minimum Gasteiger partial charge on any atom is -0.457 e. The summed E-state index contributed by atoms with van der Waals surface area (Å²) in [5.41, 5.74) is 1.92. The first-order valence-corrected chi connectivity index (χ1v) is 15.2. The number of rotatable bonds is 12. The van der Waals surface area contributed by atoms with Crippen molar-refractivity contribution in [2.24, 2.45) is 0 Å². The molecule has 2 aliphatic rings. The summed E-state index contributed by atoms with van der Waals surface area (Å²) < 4.78 is 81.5. The van der Waals surface area contributed by atoms with Crippen LogP contribution < -0.4 is 0 Å². The van der Waals surface area contributed by atoms with E-state index < -0.39 is 43.8 Å². The molecule has 0 saturated carbocycles. The molecular formula is C31H33F2O8P. The standard InChI is InChI=1S/C31H33F2O8P/c1-23(34)39-28-27-18-11-19-30(40-27,31(32,33)29(28)36-20-24-12-5-2-6-13-24)41-42(35,37-21-25-14-7-3-8-15-25)38-22-26-16-9-4-10-17-26/h2-10,12-17,27-29H,11,18-22H2,1H3/t27-,28-,29-,30-/m1/s1. The Balaban J connectivity index is 1.45. The van der Waals surface area contributed by atoms with Crippen LogP contribution in [0.15, 0.2) is 91.0 Å². The first-order valence-electron chi connectivity index (χ1n) is 13.8. The zero-order valence-corrected chi connectivity index (χ0v) is 24.0. The molecule has 0 aliphatic carbocycles. The first kappa shape index (κ1) is 30.5. The SMILES string of the molecule is CC(=O)O[C@H]1[C@@H](OCc2ccccc2)C(F)(F)[C@]2(OP(=O)(OCc3ccccc3)OCc3ccccc3)CCC[C@H]1O2. The van der Waals surface area contributed by atoms with Gasteiger partial charge in [-0.1, -0.05) is 91.0 Å². The summed E-state index contributed by atoms with van der Waals surface area (Å²) >= 11 is 0. The van der Waals surface area contributed by atoms with Crippen LogP contribution in [-0.4, -0.2) is 36.0 Å². The highest BCUT2D eigenvalue weighted by Crippen LogP contribution is 2.62. The number of phosphoric ester groups is 1. The molecule has 3 aromatic rings. The summed E-state index contributed by atoms with van der Waals surface area (Å²) in [6.07, 6.45) is -4.18. The van der Waals surface area contributed by atoms with Crippen LogP contribution in [0, 0.1) is 0 Å². The number of fused-ring (bicyclic) bond motifs is 2. The third-order valence-corrected chi connectivity index (χ3v) is 8.57. The van der Waals surface area contributed by atoms with Crippen molar-refractivity contribution in [1.82, 2.24) is 0 Å². The highest BCUT2D eigenvalue weighted by atomic mass is 31.2. The van der Waals surface area contributed by atoms with Gasteiger partial charge in [0.05, 0.1) is 19.8 Å². The summed E-state index contributed by atoms with van der Waals surface area (Å²) in [7, 11) is -4.69. The maximum Gasteiger partial charge on any atom is 0.478 e. The Morgan fingerprint density at radius 2 is 1.36 bits per heavy atom. The number of benzene rings is 3. The molecule has 2 aliphatic heterocycles. The van der Waals surface area contributed by atoms with Crippen LogP contribution in [0.4, 0.5) is 8.78 Å². The van der Waals surface area contributed by atoms with Crippen molar-refractivity contribution in [3.05, 3.63) is 108 Å². The number of hydrogen-bond acceptors (Lipinski definition) is 8. The maximum absolute atomic E-state index is 16.7. The molecule has 2 bridgehead atoms. The van der Waals surface area contributed by atoms with E-state index in [-0.39, 0.29) is 32.7 Å². The van der Waals surface area contributed by atoms with E-state index >= 15 is 8.78 Å². The molecule has 5 rings (SSSR count). The van der Waals surface area contributed by atoms with Gasteiger partial charge in [-0.3, -0.25) is 13.8 Å². The molecule has 2 saturated heterocycles. The highest BCUT2D eigenvalue weighted by Gasteiger charge is 2.73. The Morgan fingerprint density at radius 3 is 1.86 bits per heavy atom. The lowest BCUT2D eigenvalue weighted by Gasteiger charge is -2.54. The van der Waals surface area contributed by atoms with E-state index in [1.54, 1.807) is 91.0 Å². The molecule has 0 radical (unpaired) electrons. The van der Waals surface area contributed by atoms with E-state index in [2.05, 4.69) is 0 Å². The van der Waals surface area contributed by atoms with Crippen LogP contribution in [0.3, 0.4) is 0 Å². The number of carbonyl (C=O) groups excluding carboxylic acids is 1. The number of phosphoric acid groups is 1. The van der Waals surface area contributed by atoms with Gasteiger partial charge < -0.3 is 14.2 Å². The summed E-state index contributed by atoms with van der Waals surface area (Å²) in [4.78, 5) is 12.0. The molecule has 224 valence electrons. The number of halogens is 2. The fourth-order valence-corrected chi connectivity index (χ4v) is 6.55. The predicted octanol–water partition coefficient (Wildman–Crippen LogP) is 6.98. The van der Waals surface area contributed by atoms with E-state index in [4.69, 9.17) is 27.8 Å². The van der Waals surface area contributed by atoms with Crippen LogP contribution in [0.5, 0.6) is 0 Å². The lowest BCUT2D eigenvalue weighted by Crippen LogP contribution is -2.71. The number of ether oxygens (including phenoxy) is 3. The van der Waals surface area contributed by atoms with E-state index in [1.165, 1.54) is 0 Å². The largest absolute Gasteiger partial charge is 0.478 e. The fourth-order valence-electron chi connectivity index (χ4n) is 5.14. The number of hydrogen-bond donors (Lipinski definition) is 0. The van der Waals surface area contributed by atoms with Gasteiger partial charge in [0.15, 0.2) is 12.2 Å². The minimum atomic E-state index is -4.69. The second-order valence-corrected chi connectivity index (χ2v) is 11.9. The second kappa shape index (κ2) is 13.1. The van der Waals surface area contributed by atoms with E-state index in [0.29, 0.717) is 23.1 Å². The van der Waals surface area contributed by atoms with Crippen molar-refractivity contribution in [1.29, 1.82) is 0 Å². The Hall–Kier alpha value is -2.98. The highest BCUT2D eigenvalue weighted by molar-refractivity contribution is 7.48. The Labute approximate surface area is 243 Å². The third-order valence-electron chi connectivity index (χ3n) is 7.16. The normalized spacial score (nSPS) is 25.1. The molecule has 0 spiro atoms. The van der Waals surface area contributed by atoms with Crippen molar-refractivity contribution in [3.63, 3.8) is 0 Å². The molecule has 2 fully saturated rings. The van der Waals surface area contributed by atoms with Crippen molar-refractivity contribution in [3.8, 4) is 0 Å². The monoisotopic (exact) mass is 602 g/mol. The molecule has 42 heavy (non-hydrogen) atoms. The minimum absolute atomic E-state index is 0.186. The van der Waals surface area contributed by atoms with Gasteiger partial charge in [0, 0.05) is 13.3 Å². The van der Waals surface area contributed by atoms with Crippen LogP contribution in [0.2, 0.25) is 0 Å². The lowest BCUT2D eigenvalue weighted by atomic mass is 9.82. The molecule has 0 amide bonds. The molecule has 0 N–H and O–H groups in total. The van der Waals surface area contributed by atoms with Gasteiger partial charge in [-0.05, 0) is 29.5 Å². The Kier molecular flexibility index (Phi) is 9.52. The third kappa shape index (κ3) is 6.97. The fraction of sp³-hybridized carbons (Fsp3) is 0.387. The van der Waals surface area contributed by atoms with Crippen LogP contribution in [-0.2, 0) is 57.0 Å². The van der Waals surface area contributed by atoms with E-state index in [9.17, 15) is 9.36 Å². The average Bonchev–Trinajstić information content (AvgIpc) is 2.99. The summed E-state index contributed by atoms with van der Waals surface area (Å²) in [6, 6.07) is 26.4. The second-order valence-electron chi connectivity index (χ2n) is 10.3. The number of esters is 1. The lowest BCUT2D eigenvalue weighted by molar-refractivity contribution is -0.413. The van der Waals surface area contributed by atoms with Crippen molar-refractivity contribution in [2.75, 3.05) is 0 Å². The van der Waals surface area contributed by atoms with Gasteiger partial charge in [-0.2, -0.15) is 8.78 Å². The van der Waals surface area contributed by atoms with Gasteiger partial charge in [0.2, 0.25) is 5.79 Å². The molecule has 11 heteroatoms. The van der Waals surface area contributed by atoms with Crippen LogP contribution in [0.1, 0.15) is 42.9 Å². The van der Waals surface area contributed by atoms with Crippen LogP contribution in [0.25, 0.3) is 0 Å². The summed E-state index contributed by atoms with van der Waals surface area (Å²) in [5, 5.41) is 0. The predicted molar refractivity (Wildman–Crippen MR) is 148 cm³/mol. The zero-order chi connectivity index (χ0) is 29.6. The quantitative estimate of drug-likeness (QED) is 0.162. The Bertz CT molecular complexity index is 1310. The van der Waals surface area contributed by atoms with Gasteiger partial charge in [0.25, 0.3) is 0 Å². The summed E-state index contributed by atoms with van der Waals surface area (Å²) in [6.45, 7) is 0.509. The maximum atomic E-state index is 16.7. The molecule has 8 nitrogen and oxygen atoms in total. The van der Waals surface area contributed by atoms with E-state index in [1.807, 2.05) is 0 Å². The zero-order valence-electron chi connectivity index (χ0n) is 23.1. The van der Waals surface area contributed by atoms with Crippen molar-refractivity contribution >= 4 is 13.8 Å². The van der Waals surface area contributed by atoms with Gasteiger partial charge in [-0.25, -0.2) is 9.09 Å². The number of carbonyl (C=O) groups is 1. The first-order chi connectivity index (χ1) is 20.2. The molecule has 0 aromatic heterocycles. The molecule has 2 heterocycles.